The van der Waals surface area contributed by atoms with Gasteiger partial charge in [-0.2, -0.15) is 0 Å². The molecule has 0 saturated heterocycles. The molecule has 7 heteroatoms. The lowest BCUT2D eigenvalue weighted by Crippen LogP contribution is -2.41. The lowest BCUT2D eigenvalue weighted by atomic mass is 9.86. The Balaban J connectivity index is 2.15. The van der Waals surface area contributed by atoms with E-state index in [1.54, 1.807) is 24.3 Å². The molecule has 0 unspecified atom stereocenters. The molecule has 170 valence electrons. The van der Waals surface area contributed by atoms with Gasteiger partial charge in [-0.05, 0) is 49.4 Å². The maximum Gasteiger partial charge on any atom is 0.241 e. The normalized spacial score (nSPS) is 13.0. The Bertz CT molecular complexity index is 993. The number of sulfonamides is 1. The molecule has 31 heavy (non-hydrogen) atoms. The largest absolute Gasteiger partial charge is 0.491 e. The molecule has 1 atom stereocenters. The molecule has 1 N–H and O–H groups in total. The van der Waals surface area contributed by atoms with E-state index in [0.29, 0.717) is 11.4 Å². The van der Waals surface area contributed by atoms with Gasteiger partial charge in [-0.15, -0.1) is 0 Å². The summed E-state index contributed by atoms with van der Waals surface area (Å²) in [7, 11) is -3.66. The topological polar surface area (TPSA) is 75.7 Å². The third kappa shape index (κ3) is 7.28. The highest BCUT2D eigenvalue weighted by Gasteiger charge is 2.23. The number of benzene rings is 2. The van der Waals surface area contributed by atoms with E-state index >= 15 is 0 Å². The van der Waals surface area contributed by atoms with Gasteiger partial charge in [0.25, 0.3) is 0 Å². The van der Waals surface area contributed by atoms with Crippen molar-refractivity contribution in [2.75, 3.05) is 17.1 Å². The molecule has 0 heterocycles. The molecule has 0 aromatic heterocycles. The molecule has 0 spiro atoms. The Hall–Kier alpha value is -2.54. The molecule has 0 radical (unpaired) electrons. The highest BCUT2D eigenvalue weighted by atomic mass is 32.2. The van der Waals surface area contributed by atoms with E-state index in [4.69, 9.17) is 4.74 Å². The van der Waals surface area contributed by atoms with Gasteiger partial charge >= 0.3 is 0 Å². The van der Waals surface area contributed by atoms with Crippen molar-refractivity contribution in [1.29, 1.82) is 0 Å². The molecule has 2 aromatic rings. The van der Waals surface area contributed by atoms with Crippen LogP contribution in [0, 0.1) is 0 Å². The summed E-state index contributed by atoms with van der Waals surface area (Å²) in [5, 5.41) is 2.90. The summed E-state index contributed by atoms with van der Waals surface area (Å²) in [5.41, 5.74) is 2.61. The Morgan fingerprint density at radius 3 is 2.19 bits per heavy atom. The predicted octanol–water partition coefficient (Wildman–Crippen LogP) is 4.41. The first kappa shape index (κ1) is 24.7. The zero-order valence-corrected chi connectivity index (χ0v) is 20.3. The zero-order chi connectivity index (χ0) is 23.4. The maximum atomic E-state index is 12.7. The SMILES string of the molecule is CC(C)Oc1cccc(N(CC(=O)N[C@@H](C)c2ccc(C(C)(C)C)cc2)S(C)(=O)=O)c1. The van der Waals surface area contributed by atoms with Gasteiger partial charge in [0.1, 0.15) is 12.3 Å². The summed E-state index contributed by atoms with van der Waals surface area (Å²) >= 11 is 0. The molecule has 0 aliphatic carbocycles. The van der Waals surface area contributed by atoms with Crippen LogP contribution in [0.2, 0.25) is 0 Å². The van der Waals surface area contributed by atoms with Crippen molar-refractivity contribution in [2.24, 2.45) is 0 Å². The van der Waals surface area contributed by atoms with E-state index in [2.05, 4.69) is 38.2 Å². The molecule has 0 fully saturated rings. The van der Waals surface area contributed by atoms with Crippen LogP contribution in [0.25, 0.3) is 0 Å². The number of nitrogens with one attached hydrogen (secondary N) is 1. The number of carbonyl (C=O) groups is 1. The van der Waals surface area contributed by atoms with Gasteiger partial charge in [0.2, 0.25) is 15.9 Å². The lowest BCUT2D eigenvalue weighted by molar-refractivity contribution is -0.120. The fourth-order valence-corrected chi connectivity index (χ4v) is 4.01. The summed E-state index contributed by atoms with van der Waals surface area (Å²) in [6.07, 6.45) is 1.04. The number of ether oxygens (including phenoxy) is 1. The molecule has 0 aliphatic rings. The first-order chi connectivity index (χ1) is 14.3. The number of hydrogen-bond donors (Lipinski definition) is 1. The van der Waals surface area contributed by atoms with Crippen molar-refractivity contribution in [3.63, 3.8) is 0 Å². The summed E-state index contributed by atoms with van der Waals surface area (Å²) in [6.45, 7) is 11.8. The van der Waals surface area contributed by atoms with Crippen molar-refractivity contribution in [3.8, 4) is 5.75 Å². The van der Waals surface area contributed by atoms with E-state index in [1.807, 2.05) is 32.9 Å². The van der Waals surface area contributed by atoms with Crippen LogP contribution in [0.15, 0.2) is 48.5 Å². The molecular weight excluding hydrogens is 412 g/mol. The van der Waals surface area contributed by atoms with Crippen molar-refractivity contribution < 1.29 is 17.9 Å². The van der Waals surface area contributed by atoms with Gasteiger partial charge < -0.3 is 10.1 Å². The van der Waals surface area contributed by atoms with Crippen LogP contribution in [0.1, 0.15) is 58.7 Å². The van der Waals surface area contributed by atoms with Crippen LogP contribution >= 0.6 is 0 Å². The minimum absolute atomic E-state index is 0.0456. The van der Waals surface area contributed by atoms with E-state index < -0.39 is 10.0 Å². The quantitative estimate of drug-likeness (QED) is 0.651. The van der Waals surface area contributed by atoms with Crippen molar-refractivity contribution in [3.05, 3.63) is 59.7 Å². The van der Waals surface area contributed by atoms with Gasteiger partial charge in [0.05, 0.1) is 24.1 Å². The summed E-state index contributed by atoms with van der Waals surface area (Å²) in [5.74, 6) is 0.168. The molecular formula is C24H34N2O4S. The highest BCUT2D eigenvalue weighted by Crippen LogP contribution is 2.25. The Morgan fingerprint density at radius 1 is 1.06 bits per heavy atom. The van der Waals surface area contributed by atoms with Crippen LogP contribution in [-0.4, -0.2) is 33.2 Å². The van der Waals surface area contributed by atoms with E-state index in [0.717, 1.165) is 16.1 Å². The summed E-state index contributed by atoms with van der Waals surface area (Å²) < 4.78 is 31.5. The van der Waals surface area contributed by atoms with Gasteiger partial charge in [-0.25, -0.2) is 8.42 Å². The van der Waals surface area contributed by atoms with Crippen molar-refractivity contribution >= 4 is 21.6 Å². The first-order valence-electron chi connectivity index (χ1n) is 10.4. The fourth-order valence-electron chi connectivity index (χ4n) is 3.16. The van der Waals surface area contributed by atoms with Crippen molar-refractivity contribution in [2.45, 2.75) is 59.1 Å². The number of amides is 1. The number of nitrogens with zero attached hydrogens (tertiary/aromatic N) is 1. The highest BCUT2D eigenvalue weighted by molar-refractivity contribution is 7.92. The number of carbonyl (C=O) groups excluding carboxylic acids is 1. The summed E-state index contributed by atoms with van der Waals surface area (Å²) in [4.78, 5) is 12.7. The second-order valence-electron chi connectivity index (χ2n) is 9.09. The summed E-state index contributed by atoms with van der Waals surface area (Å²) in [6, 6.07) is 14.6. The van der Waals surface area contributed by atoms with Crippen LogP contribution in [0.3, 0.4) is 0 Å². The molecule has 2 rings (SSSR count). The van der Waals surface area contributed by atoms with Gasteiger partial charge in [0, 0.05) is 6.07 Å². The Kier molecular flexibility index (Phi) is 7.76. The van der Waals surface area contributed by atoms with Gasteiger partial charge in [-0.1, -0.05) is 51.1 Å². The third-order valence-corrected chi connectivity index (χ3v) is 5.96. The zero-order valence-electron chi connectivity index (χ0n) is 19.5. The number of rotatable bonds is 8. The van der Waals surface area contributed by atoms with Crippen LogP contribution in [-0.2, 0) is 20.2 Å². The smallest absolute Gasteiger partial charge is 0.241 e. The van der Waals surface area contributed by atoms with Crippen LogP contribution in [0.4, 0.5) is 5.69 Å². The number of anilines is 1. The molecule has 2 aromatic carbocycles. The average molecular weight is 447 g/mol. The van der Waals surface area contributed by atoms with Crippen LogP contribution < -0.4 is 14.4 Å². The van der Waals surface area contributed by atoms with Crippen LogP contribution in [0.5, 0.6) is 5.75 Å². The Labute approximate surface area is 186 Å². The first-order valence-corrected chi connectivity index (χ1v) is 12.3. The maximum absolute atomic E-state index is 12.7. The fraction of sp³-hybridized carbons (Fsp3) is 0.458. The van der Waals surface area contributed by atoms with Gasteiger partial charge in [0.15, 0.2) is 0 Å². The second kappa shape index (κ2) is 9.73. The molecule has 1 amide bonds. The van der Waals surface area contributed by atoms with E-state index in [9.17, 15) is 13.2 Å². The average Bonchev–Trinajstić information content (AvgIpc) is 2.64. The minimum Gasteiger partial charge on any atom is -0.491 e. The van der Waals surface area contributed by atoms with E-state index in [1.165, 1.54) is 5.56 Å². The minimum atomic E-state index is -3.66. The molecule has 6 nitrogen and oxygen atoms in total. The molecule has 0 bridgehead atoms. The predicted molar refractivity (Wildman–Crippen MR) is 126 cm³/mol. The third-order valence-electron chi connectivity index (χ3n) is 4.82. The standard InChI is InChI=1S/C24H34N2O4S/c1-17(2)30-22-10-8-9-21(15-22)26(31(7,28)29)16-23(27)25-18(3)19-11-13-20(14-12-19)24(4,5)6/h8-15,17-18H,16H2,1-7H3,(H,25,27)/t18-/m0/s1. The number of hydrogen-bond acceptors (Lipinski definition) is 4. The molecule has 0 saturated carbocycles. The molecule has 0 aliphatic heterocycles. The van der Waals surface area contributed by atoms with Gasteiger partial charge in [-0.3, -0.25) is 9.10 Å². The van der Waals surface area contributed by atoms with E-state index in [-0.39, 0.29) is 30.0 Å². The second-order valence-corrected chi connectivity index (χ2v) is 11.0. The Morgan fingerprint density at radius 2 is 1.68 bits per heavy atom. The van der Waals surface area contributed by atoms with Crippen molar-refractivity contribution in [1.82, 2.24) is 5.32 Å². The monoisotopic (exact) mass is 446 g/mol. The lowest BCUT2D eigenvalue weighted by Gasteiger charge is -2.24.